The Balaban J connectivity index is 1.40. The van der Waals surface area contributed by atoms with Crippen LogP contribution in [0, 0.1) is 0 Å². The lowest BCUT2D eigenvalue weighted by atomic mass is 9.88. The van der Waals surface area contributed by atoms with Gasteiger partial charge in [0.15, 0.2) is 0 Å². The average molecular weight is 424 g/mol. The summed E-state index contributed by atoms with van der Waals surface area (Å²) in [5.41, 5.74) is 3.40. The Morgan fingerprint density at radius 1 is 1.23 bits per heavy atom. The van der Waals surface area contributed by atoms with Gasteiger partial charge in [0.05, 0.1) is 18.8 Å². The third-order valence-corrected chi connectivity index (χ3v) is 6.98. The summed E-state index contributed by atoms with van der Waals surface area (Å²) in [6, 6.07) is 14.0. The van der Waals surface area contributed by atoms with Gasteiger partial charge in [-0.2, -0.15) is 0 Å². The Kier molecular flexibility index (Phi) is 6.35. The highest BCUT2D eigenvalue weighted by Gasteiger charge is 2.28. The standard InChI is InChI=1S/C24H29N3O2S/c1-16(24(28)26-22-6-4-5-7-23(22)30-3)27-12-10-17(11-13-27)20-15-25-21-9-8-18(29-2)14-19(20)21/h4-9,14-17,25H,10-13H2,1-3H3,(H,26,28). The van der Waals surface area contributed by atoms with Gasteiger partial charge in [-0.15, -0.1) is 11.8 Å². The summed E-state index contributed by atoms with van der Waals surface area (Å²) >= 11 is 1.65. The molecule has 0 spiro atoms. The van der Waals surface area contributed by atoms with E-state index in [0.29, 0.717) is 5.92 Å². The molecule has 158 valence electrons. The maximum atomic E-state index is 12.9. The molecule has 1 aromatic heterocycles. The molecular weight excluding hydrogens is 394 g/mol. The summed E-state index contributed by atoms with van der Waals surface area (Å²) in [6.07, 6.45) is 6.26. The third-order valence-electron chi connectivity index (χ3n) is 6.18. The number of para-hydroxylation sites is 1. The van der Waals surface area contributed by atoms with Crippen LogP contribution in [0.4, 0.5) is 5.69 Å². The molecule has 5 nitrogen and oxygen atoms in total. The molecule has 30 heavy (non-hydrogen) atoms. The Morgan fingerprint density at radius 2 is 2.00 bits per heavy atom. The van der Waals surface area contributed by atoms with Crippen molar-refractivity contribution >= 4 is 34.3 Å². The van der Waals surface area contributed by atoms with Gasteiger partial charge in [0, 0.05) is 22.0 Å². The minimum atomic E-state index is -0.149. The number of anilines is 1. The first-order valence-corrected chi connectivity index (χ1v) is 11.7. The van der Waals surface area contributed by atoms with Crippen molar-refractivity contribution in [2.75, 3.05) is 31.8 Å². The number of methoxy groups -OCH3 is 1. The summed E-state index contributed by atoms with van der Waals surface area (Å²) in [5.74, 6) is 1.44. The Morgan fingerprint density at radius 3 is 2.73 bits per heavy atom. The zero-order valence-corrected chi connectivity index (χ0v) is 18.6. The first-order chi connectivity index (χ1) is 14.6. The van der Waals surface area contributed by atoms with E-state index < -0.39 is 0 Å². The van der Waals surface area contributed by atoms with Crippen LogP contribution in [0.2, 0.25) is 0 Å². The molecular formula is C24H29N3O2S. The fourth-order valence-electron chi connectivity index (χ4n) is 4.33. The van der Waals surface area contributed by atoms with Crippen molar-refractivity contribution in [3.05, 3.63) is 54.2 Å². The summed E-state index contributed by atoms with van der Waals surface area (Å²) in [4.78, 5) is 19.6. The van der Waals surface area contributed by atoms with Crippen LogP contribution in [0.1, 0.15) is 31.2 Å². The predicted molar refractivity (Wildman–Crippen MR) is 125 cm³/mol. The number of H-pyrrole nitrogens is 1. The molecule has 6 heteroatoms. The lowest BCUT2D eigenvalue weighted by Crippen LogP contribution is -2.45. The number of rotatable bonds is 6. The smallest absolute Gasteiger partial charge is 0.241 e. The normalized spacial score (nSPS) is 16.5. The summed E-state index contributed by atoms with van der Waals surface area (Å²) in [6.45, 7) is 3.84. The minimum absolute atomic E-state index is 0.0618. The SMILES string of the molecule is COc1ccc2[nH]cc(C3CCN(C(C)C(=O)Nc4ccccc4SC)CC3)c2c1. The number of benzene rings is 2. The van der Waals surface area contributed by atoms with E-state index in [9.17, 15) is 4.79 Å². The second-order valence-corrected chi connectivity index (χ2v) is 8.68. The molecule has 2 N–H and O–H groups in total. The van der Waals surface area contributed by atoms with E-state index in [2.05, 4.69) is 33.5 Å². The van der Waals surface area contributed by atoms with Gasteiger partial charge in [0.25, 0.3) is 0 Å². The van der Waals surface area contributed by atoms with Gasteiger partial charge in [0.1, 0.15) is 5.75 Å². The van der Waals surface area contributed by atoms with Crippen molar-refractivity contribution in [3.63, 3.8) is 0 Å². The number of nitrogens with zero attached hydrogens (tertiary/aromatic N) is 1. The molecule has 0 aliphatic carbocycles. The fourth-order valence-corrected chi connectivity index (χ4v) is 4.89. The van der Waals surface area contributed by atoms with Gasteiger partial charge in [-0.25, -0.2) is 0 Å². The topological polar surface area (TPSA) is 57.4 Å². The molecule has 1 aliphatic rings. The van der Waals surface area contributed by atoms with Gasteiger partial charge in [-0.05, 0) is 80.9 Å². The lowest BCUT2D eigenvalue weighted by molar-refractivity contribution is -0.121. The lowest BCUT2D eigenvalue weighted by Gasteiger charge is -2.35. The first kappa shape index (κ1) is 20.8. The minimum Gasteiger partial charge on any atom is -0.497 e. The van der Waals surface area contributed by atoms with Crippen molar-refractivity contribution in [2.24, 2.45) is 0 Å². The molecule has 4 rings (SSSR count). The number of hydrogen-bond donors (Lipinski definition) is 2. The van der Waals surface area contributed by atoms with Gasteiger partial charge in [-0.3, -0.25) is 9.69 Å². The third kappa shape index (κ3) is 4.20. The van der Waals surface area contributed by atoms with Crippen LogP contribution in [0.3, 0.4) is 0 Å². The number of aromatic nitrogens is 1. The van der Waals surface area contributed by atoms with Crippen molar-refractivity contribution < 1.29 is 9.53 Å². The summed E-state index contributed by atoms with van der Waals surface area (Å²) in [7, 11) is 1.70. The zero-order chi connectivity index (χ0) is 21.1. The Bertz CT molecular complexity index is 1020. The van der Waals surface area contributed by atoms with E-state index in [-0.39, 0.29) is 11.9 Å². The summed E-state index contributed by atoms with van der Waals surface area (Å²) in [5, 5.41) is 4.36. The van der Waals surface area contributed by atoms with Gasteiger partial charge < -0.3 is 15.0 Å². The second kappa shape index (κ2) is 9.14. The van der Waals surface area contributed by atoms with Gasteiger partial charge in [0.2, 0.25) is 5.91 Å². The first-order valence-electron chi connectivity index (χ1n) is 10.4. The van der Waals surface area contributed by atoms with E-state index >= 15 is 0 Å². The van der Waals surface area contributed by atoms with Crippen LogP contribution in [-0.2, 0) is 4.79 Å². The largest absolute Gasteiger partial charge is 0.497 e. The Hall–Kier alpha value is -2.44. The van der Waals surface area contributed by atoms with Crippen LogP contribution in [0.5, 0.6) is 5.75 Å². The number of carbonyl (C=O) groups excluding carboxylic acids is 1. The molecule has 3 aromatic rings. The molecule has 2 aromatic carbocycles. The highest BCUT2D eigenvalue weighted by Crippen LogP contribution is 2.35. The van der Waals surface area contributed by atoms with Crippen LogP contribution < -0.4 is 10.1 Å². The number of piperidine rings is 1. The van der Waals surface area contributed by atoms with Crippen LogP contribution >= 0.6 is 11.8 Å². The number of aromatic amines is 1. The number of carbonyl (C=O) groups is 1. The van der Waals surface area contributed by atoms with E-state index in [0.717, 1.165) is 47.8 Å². The van der Waals surface area contributed by atoms with Crippen molar-refractivity contribution in [2.45, 2.75) is 36.6 Å². The number of amides is 1. The molecule has 1 aliphatic heterocycles. The van der Waals surface area contributed by atoms with Crippen molar-refractivity contribution in [1.29, 1.82) is 0 Å². The van der Waals surface area contributed by atoms with Gasteiger partial charge in [-0.1, -0.05) is 12.1 Å². The second-order valence-electron chi connectivity index (χ2n) is 7.83. The number of hydrogen-bond acceptors (Lipinski definition) is 4. The maximum Gasteiger partial charge on any atom is 0.241 e. The predicted octanol–water partition coefficient (Wildman–Crippen LogP) is 5.11. The summed E-state index contributed by atoms with van der Waals surface area (Å²) < 4.78 is 5.41. The molecule has 1 amide bonds. The van der Waals surface area contributed by atoms with Crippen molar-refractivity contribution in [1.82, 2.24) is 9.88 Å². The van der Waals surface area contributed by atoms with Crippen LogP contribution in [-0.4, -0.2) is 48.3 Å². The number of nitrogens with one attached hydrogen (secondary N) is 2. The number of ether oxygens (including phenoxy) is 1. The monoisotopic (exact) mass is 423 g/mol. The van der Waals surface area contributed by atoms with Crippen LogP contribution in [0.25, 0.3) is 10.9 Å². The van der Waals surface area contributed by atoms with E-state index in [1.54, 1.807) is 18.9 Å². The highest BCUT2D eigenvalue weighted by atomic mass is 32.2. The molecule has 0 bridgehead atoms. The molecule has 1 atom stereocenters. The average Bonchev–Trinajstić information content (AvgIpc) is 3.22. The van der Waals surface area contributed by atoms with Crippen molar-refractivity contribution in [3.8, 4) is 5.75 Å². The maximum absolute atomic E-state index is 12.9. The van der Waals surface area contributed by atoms with Gasteiger partial charge >= 0.3 is 0 Å². The number of thioether (sulfide) groups is 1. The number of likely N-dealkylation sites (tertiary alicyclic amines) is 1. The number of fused-ring (bicyclic) bond motifs is 1. The van der Waals surface area contributed by atoms with E-state index in [4.69, 9.17) is 4.74 Å². The molecule has 1 saturated heterocycles. The molecule has 1 fully saturated rings. The zero-order valence-electron chi connectivity index (χ0n) is 17.8. The molecule has 1 unspecified atom stereocenters. The van der Waals surface area contributed by atoms with E-state index in [1.165, 1.54) is 10.9 Å². The molecule has 2 heterocycles. The quantitative estimate of drug-likeness (QED) is 0.541. The fraction of sp³-hybridized carbons (Fsp3) is 0.375. The van der Waals surface area contributed by atoms with Crippen LogP contribution in [0.15, 0.2) is 53.6 Å². The highest BCUT2D eigenvalue weighted by molar-refractivity contribution is 7.98. The molecule has 0 saturated carbocycles. The Labute approximate surface area is 182 Å². The molecule has 0 radical (unpaired) electrons. The van der Waals surface area contributed by atoms with E-state index in [1.807, 2.05) is 43.5 Å².